The third kappa shape index (κ3) is 5.22. The molecular weight excluding hydrogens is 350 g/mol. The van der Waals surface area contributed by atoms with Crippen LogP contribution in [-0.4, -0.2) is 34.9 Å². The molecule has 0 radical (unpaired) electrons. The van der Waals surface area contributed by atoms with Gasteiger partial charge in [0, 0.05) is 27.7 Å². The van der Waals surface area contributed by atoms with Gasteiger partial charge in [-0.3, -0.25) is 0 Å². The standard InChI is InChI=1S/C16H22BrNO2S/c1-16(2,3)20-15(19)18-10-4-5-13(18)11-21-14-8-6-12(17)7-9-14/h6-9,13H,4-5,10-11H2,1-3H3/t13-/m0/s1. The molecule has 0 unspecified atom stereocenters. The monoisotopic (exact) mass is 371 g/mol. The molecule has 0 spiro atoms. The van der Waals surface area contributed by atoms with Crippen LogP contribution in [0.5, 0.6) is 0 Å². The van der Waals surface area contributed by atoms with Crippen molar-refractivity contribution in [1.82, 2.24) is 4.90 Å². The minimum absolute atomic E-state index is 0.179. The van der Waals surface area contributed by atoms with Gasteiger partial charge < -0.3 is 9.64 Å². The van der Waals surface area contributed by atoms with E-state index in [-0.39, 0.29) is 12.1 Å². The van der Waals surface area contributed by atoms with Crippen LogP contribution in [0.2, 0.25) is 0 Å². The topological polar surface area (TPSA) is 29.5 Å². The van der Waals surface area contributed by atoms with E-state index in [1.807, 2.05) is 37.8 Å². The summed E-state index contributed by atoms with van der Waals surface area (Å²) in [5, 5.41) is 0. The van der Waals surface area contributed by atoms with Gasteiger partial charge in [0.15, 0.2) is 0 Å². The number of nitrogens with zero attached hydrogens (tertiary/aromatic N) is 1. The highest BCUT2D eigenvalue weighted by molar-refractivity contribution is 9.10. The second-order valence-electron chi connectivity index (χ2n) is 6.23. The van der Waals surface area contributed by atoms with Crippen molar-refractivity contribution < 1.29 is 9.53 Å². The molecule has 0 aliphatic carbocycles. The Labute approximate surface area is 139 Å². The van der Waals surface area contributed by atoms with Gasteiger partial charge in [0.1, 0.15) is 5.60 Å². The summed E-state index contributed by atoms with van der Waals surface area (Å²) in [6.45, 7) is 6.53. The number of benzene rings is 1. The fourth-order valence-corrected chi connectivity index (χ4v) is 3.62. The molecule has 2 rings (SSSR count). The first kappa shape index (κ1) is 16.7. The van der Waals surface area contributed by atoms with Crippen LogP contribution in [0.1, 0.15) is 33.6 Å². The van der Waals surface area contributed by atoms with Gasteiger partial charge in [-0.05, 0) is 57.9 Å². The number of thioether (sulfide) groups is 1. The number of carbonyl (C=O) groups excluding carboxylic acids is 1. The molecule has 0 aromatic heterocycles. The zero-order valence-electron chi connectivity index (χ0n) is 12.8. The fourth-order valence-electron chi connectivity index (χ4n) is 2.29. The van der Waals surface area contributed by atoms with Crippen LogP contribution in [0.15, 0.2) is 33.6 Å². The molecule has 1 amide bonds. The van der Waals surface area contributed by atoms with Gasteiger partial charge in [-0.25, -0.2) is 4.79 Å². The van der Waals surface area contributed by atoms with Gasteiger partial charge in [-0.2, -0.15) is 0 Å². The summed E-state index contributed by atoms with van der Waals surface area (Å²) in [7, 11) is 0. The Kier molecular flexibility index (Phi) is 5.60. The molecule has 3 nitrogen and oxygen atoms in total. The zero-order chi connectivity index (χ0) is 15.5. The Bertz CT molecular complexity index is 484. The first-order valence-corrected chi connectivity index (χ1v) is 9.01. The van der Waals surface area contributed by atoms with Crippen LogP contribution in [-0.2, 0) is 4.74 Å². The zero-order valence-corrected chi connectivity index (χ0v) is 15.2. The second-order valence-corrected chi connectivity index (χ2v) is 8.24. The molecule has 0 bridgehead atoms. The average molecular weight is 372 g/mol. The lowest BCUT2D eigenvalue weighted by Gasteiger charge is -2.28. The van der Waals surface area contributed by atoms with Crippen LogP contribution in [0.3, 0.4) is 0 Å². The Hall–Kier alpha value is -0.680. The van der Waals surface area contributed by atoms with Gasteiger partial charge in [0.2, 0.25) is 0 Å². The molecule has 1 saturated heterocycles. The first-order valence-electron chi connectivity index (χ1n) is 7.23. The van der Waals surface area contributed by atoms with Crippen molar-refractivity contribution in [1.29, 1.82) is 0 Å². The lowest BCUT2D eigenvalue weighted by Crippen LogP contribution is -2.40. The number of hydrogen-bond donors (Lipinski definition) is 0. The summed E-state index contributed by atoms with van der Waals surface area (Å²) in [6, 6.07) is 8.56. The smallest absolute Gasteiger partial charge is 0.410 e. The van der Waals surface area contributed by atoms with Gasteiger partial charge in [-0.1, -0.05) is 15.9 Å². The van der Waals surface area contributed by atoms with Gasteiger partial charge in [-0.15, -0.1) is 11.8 Å². The number of carbonyl (C=O) groups is 1. The summed E-state index contributed by atoms with van der Waals surface area (Å²) in [6.07, 6.45) is 1.94. The molecule has 1 fully saturated rings. The highest BCUT2D eigenvalue weighted by Crippen LogP contribution is 2.28. The minimum atomic E-state index is -0.428. The van der Waals surface area contributed by atoms with Crippen molar-refractivity contribution in [3.63, 3.8) is 0 Å². The number of rotatable bonds is 3. The molecule has 1 aliphatic heterocycles. The van der Waals surface area contributed by atoms with Crippen LogP contribution >= 0.6 is 27.7 Å². The van der Waals surface area contributed by atoms with E-state index in [4.69, 9.17) is 4.74 Å². The highest BCUT2D eigenvalue weighted by atomic mass is 79.9. The maximum atomic E-state index is 12.2. The highest BCUT2D eigenvalue weighted by Gasteiger charge is 2.31. The Balaban J connectivity index is 1.90. The Morgan fingerprint density at radius 1 is 1.38 bits per heavy atom. The molecular formula is C16H22BrNO2S. The van der Waals surface area contributed by atoms with E-state index >= 15 is 0 Å². The van der Waals surface area contributed by atoms with E-state index in [1.54, 1.807) is 11.8 Å². The fraction of sp³-hybridized carbons (Fsp3) is 0.562. The predicted molar refractivity (Wildman–Crippen MR) is 90.8 cm³/mol. The van der Waals surface area contributed by atoms with E-state index in [0.717, 1.165) is 29.6 Å². The molecule has 21 heavy (non-hydrogen) atoms. The summed E-state index contributed by atoms with van der Waals surface area (Å²) in [5.41, 5.74) is -0.428. The van der Waals surface area contributed by atoms with Crippen molar-refractivity contribution in [3.8, 4) is 0 Å². The molecule has 1 aliphatic rings. The molecule has 0 saturated carbocycles. The van der Waals surface area contributed by atoms with Crippen LogP contribution in [0.4, 0.5) is 4.79 Å². The Morgan fingerprint density at radius 3 is 2.67 bits per heavy atom. The van der Waals surface area contributed by atoms with Gasteiger partial charge in [0.05, 0.1) is 0 Å². The molecule has 1 atom stereocenters. The van der Waals surface area contributed by atoms with Crippen molar-refractivity contribution >= 4 is 33.8 Å². The first-order chi connectivity index (χ1) is 9.85. The van der Waals surface area contributed by atoms with E-state index in [2.05, 4.69) is 28.1 Å². The second kappa shape index (κ2) is 7.05. The molecule has 1 aromatic carbocycles. The molecule has 5 heteroatoms. The van der Waals surface area contributed by atoms with E-state index < -0.39 is 5.60 Å². The Morgan fingerprint density at radius 2 is 2.05 bits per heavy atom. The van der Waals surface area contributed by atoms with Crippen LogP contribution < -0.4 is 0 Å². The quantitative estimate of drug-likeness (QED) is 0.704. The van der Waals surface area contributed by atoms with E-state index in [9.17, 15) is 4.79 Å². The van der Waals surface area contributed by atoms with Crippen LogP contribution in [0.25, 0.3) is 0 Å². The normalized spacial score (nSPS) is 18.9. The SMILES string of the molecule is CC(C)(C)OC(=O)N1CCC[C@H]1CSc1ccc(Br)cc1. The molecule has 1 aromatic rings. The lowest BCUT2D eigenvalue weighted by atomic mass is 10.2. The predicted octanol–water partition coefficient (Wildman–Crippen LogP) is 4.94. The molecule has 0 N–H and O–H groups in total. The maximum Gasteiger partial charge on any atom is 0.410 e. The van der Waals surface area contributed by atoms with Crippen molar-refractivity contribution in [2.24, 2.45) is 0 Å². The van der Waals surface area contributed by atoms with Crippen LogP contribution in [0, 0.1) is 0 Å². The number of hydrogen-bond acceptors (Lipinski definition) is 3. The summed E-state index contributed by atoms with van der Waals surface area (Å²) >= 11 is 5.24. The van der Waals surface area contributed by atoms with Gasteiger partial charge in [0.25, 0.3) is 0 Å². The van der Waals surface area contributed by atoms with E-state index in [0.29, 0.717) is 0 Å². The van der Waals surface area contributed by atoms with Gasteiger partial charge >= 0.3 is 6.09 Å². The van der Waals surface area contributed by atoms with E-state index in [1.165, 1.54) is 4.90 Å². The third-order valence-electron chi connectivity index (χ3n) is 3.26. The minimum Gasteiger partial charge on any atom is -0.444 e. The number of halogens is 1. The summed E-state index contributed by atoms with van der Waals surface area (Å²) in [4.78, 5) is 15.3. The number of ether oxygens (including phenoxy) is 1. The molecule has 116 valence electrons. The largest absolute Gasteiger partial charge is 0.444 e. The van der Waals surface area contributed by atoms with Crippen molar-refractivity contribution in [3.05, 3.63) is 28.7 Å². The summed E-state index contributed by atoms with van der Waals surface area (Å²) < 4.78 is 6.58. The summed E-state index contributed by atoms with van der Waals surface area (Å²) in [5.74, 6) is 0.918. The average Bonchev–Trinajstić information content (AvgIpc) is 2.84. The maximum absolute atomic E-state index is 12.2. The third-order valence-corrected chi connectivity index (χ3v) is 4.95. The number of amides is 1. The number of likely N-dealkylation sites (tertiary alicyclic amines) is 1. The van der Waals surface area contributed by atoms with Crippen molar-refractivity contribution in [2.45, 2.75) is 50.2 Å². The van der Waals surface area contributed by atoms with Crippen molar-refractivity contribution in [2.75, 3.05) is 12.3 Å². The lowest BCUT2D eigenvalue weighted by molar-refractivity contribution is 0.0242. The molecule has 1 heterocycles.